The summed E-state index contributed by atoms with van der Waals surface area (Å²) >= 11 is 0. The van der Waals surface area contributed by atoms with Gasteiger partial charge in [-0.3, -0.25) is 0 Å². The molecule has 1 aliphatic rings. The van der Waals surface area contributed by atoms with Crippen molar-refractivity contribution in [3.8, 4) is 6.07 Å². The molecule has 1 fully saturated rings. The Kier molecular flexibility index (Phi) is 3.62. The van der Waals surface area contributed by atoms with Crippen molar-refractivity contribution in [3.05, 3.63) is 35.4 Å². The van der Waals surface area contributed by atoms with Crippen LogP contribution in [0.3, 0.4) is 0 Å². The molecule has 0 unspecified atom stereocenters. The van der Waals surface area contributed by atoms with Gasteiger partial charge in [-0.1, -0.05) is 19.9 Å². The predicted octanol–water partition coefficient (Wildman–Crippen LogP) is 4.62. The van der Waals surface area contributed by atoms with E-state index in [9.17, 15) is 14.0 Å². The van der Waals surface area contributed by atoms with E-state index in [1.807, 2.05) is 0 Å². The first kappa shape index (κ1) is 14.0. The first-order chi connectivity index (χ1) is 8.86. The Morgan fingerprint density at radius 2 is 1.74 bits per heavy atom. The molecule has 1 aromatic rings. The molecule has 3 heteroatoms. The average molecular weight is 263 g/mol. The summed E-state index contributed by atoms with van der Waals surface area (Å²) in [7, 11) is 0. The van der Waals surface area contributed by atoms with Gasteiger partial charge < -0.3 is 0 Å². The molecule has 0 N–H and O–H groups in total. The zero-order chi connectivity index (χ0) is 14.1. The SMILES string of the molecule is CC1(C)CCC(C#N)(Cc2ccc(F)c(F)c2)CC1. The molecular formula is C16H19F2N. The van der Waals surface area contributed by atoms with Crippen LogP contribution in [0, 0.1) is 33.8 Å². The lowest BCUT2D eigenvalue weighted by atomic mass is 9.64. The van der Waals surface area contributed by atoms with E-state index in [1.54, 1.807) is 6.07 Å². The molecule has 1 nitrogen and oxygen atoms in total. The van der Waals surface area contributed by atoms with Crippen molar-refractivity contribution >= 4 is 0 Å². The molecule has 0 atom stereocenters. The van der Waals surface area contributed by atoms with Gasteiger partial charge >= 0.3 is 0 Å². The lowest BCUT2D eigenvalue weighted by Gasteiger charge is -2.39. The van der Waals surface area contributed by atoms with Gasteiger partial charge in [0, 0.05) is 0 Å². The van der Waals surface area contributed by atoms with E-state index in [0.29, 0.717) is 12.0 Å². The van der Waals surface area contributed by atoms with E-state index in [0.717, 1.165) is 31.7 Å². The number of rotatable bonds is 2. The summed E-state index contributed by atoms with van der Waals surface area (Å²) in [6.07, 6.45) is 4.18. The van der Waals surface area contributed by atoms with Crippen LogP contribution < -0.4 is 0 Å². The second-order valence-corrected chi connectivity index (χ2v) is 6.48. The minimum atomic E-state index is -0.834. The highest BCUT2D eigenvalue weighted by molar-refractivity contribution is 5.22. The predicted molar refractivity (Wildman–Crippen MR) is 70.4 cm³/mol. The van der Waals surface area contributed by atoms with Crippen LogP contribution in [0.15, 0.2) is 18.2 Å². The number of nitrogens with zero attached hydrogens (tertiary/aromatic N) is 1. The summed E-state index contributed by atoms with van der Waals surface area (Å²) in [5, 5.41) is 9.48. The lowest BCUT2D eigenvalue weighted by Crippen LogP contribution is -2.31. The molecule has 2 rings (SSSR count). The van der Waals surface area contributed by atoms with E-state index < -0.39 is 17.0 Å². The highest BCUT2D eigenvalue weighted by atomic mass is 19.2. The molecule has 19 heavy (non-hydrogen) atoms. The van der Waals surface area contributed by atoms with Crippen LogP contribution in [-0.4, -0.2) is 0 Å². The summed E-state index contributed by atoms with van der Waals surface area (Å²) in [6, 6.07) is 6.36. The molecule has 1 saturated carbocycles. The van der Waals surface area contributed by atoms with Crippen LogP contribution in [0.5, 0.6) is 0 Å². The third kappa shape index (κ3) is 3.12. The normalized spacial score (nSPS) is 20.8. The first-order valence-corrected chi connectivity index (χ1v) is 6.71. The van der Waals surface area contributed by atoms with Gasteiger partial charge in [-0.2, -0.15) is 5.26 Å². The largest absolute Gasteiger partial charge is 0.204 e. The van der Waals surface area contributed by atoms with Gasteiger partial charge in [-0.15, -0.1) is 0 Å². The Hall–Kier alpha value is -1.43. The summed E-state index contributed by atoms with van der Waals surface area (Å²) < 4.78 is 26.1. The summed E-state index contributed by atoms with van der Waals surface area (Å²) in [5.74, 6) is -1.67. The molecule has 102 valence electrons. The molecule has 0 aliphatic heterocycles. The van der Waals surface area contributed by atoms with Crippen LogP contribution in [0.2, 0.25) is 0 Å². The van der Waals surface area contributed by atoms with Crippen LogP contribution in [0.25, 0.3) is 0 Å². The first-order valence-electron chi connectivity index (χ1n) is 6.71. The molecular weight excluding hydrogens is 244 g/mol. The van der Waals surface area contributed by atoms with E-state index >= 15 is 0 Å². The second-order valence-electron chi connectivity index (χ2n) is 6.48. The minimum absolute atomic E-state index is 0.286. The van der Waals surface area contributed by atoms with E-state index in [1.165, 1.54) is 6.07 Å². The van der Waals surface area contributed by atoms with E-state index in [4.69, 9.17) is 0 Å². The third-order valence-electron chi connectivity index (χ3n) is 4.32. The zero-order valence-electron chi connectivity index (χ0n) is 11.5. The quantitative estimate of drug-likeness (QED) is 0.764. The fraction of sp³-hybridized carbons (Fsp3) is 0.562. The fourth-order valence-corrected chi connectivity index (χ4v) is 2.77. The van der Waals surface area contributed by atoms with Gasteiger partial charge in [-0.05, 0) is 55.2 Å². The zero-order valence-corrected chi connectivity index (χ0v) is 11.5. The Balaban J connectivity index is 2.16. The highest BCUT2D eigenvalue weighted by Crippen LogP contribution is 2.46. The maximum absolute atomic E-state index is 13.2. The van der Waals surface area contributed by atoms with Gasteiger partial charge in [0.1, 0.15) is 0 Å². The van der Waals surface area contributed by atoms with Crippen LogP contribution in [0.1, 0.15) is 45.1 Å². The van der Waals surface area contributed by atoms with Gasteiger partial charge in [0.25, 0.3) is 0 Å². The van der Waals surface area contributed by atoms with Crippen molar-refractivity contribution < 1.29 is 8.78 Å². The summed E-state index contributed by atoms with van der Waals surface area (Å²) in [5.41, 5.74) is 0.578. The third-order valence-corrected chi connectivity index (χ3v) is 4.32. The summed E-state index contributed by atoms with van der Waals surface area (Å²) in [4.78, 5) is 0. The Labute approximate surface area is 113 Å². The molecule has 0 amide bonds. The van der Waals surface area contributed by atoms with Gasteiger partial charge in [-0.25, -0.2) is 8.78 Å². The van der Waals surface area contributed by atoms with Crippen molar-refractivity contribution in [3.63, 3.8) is 0 Å². The van der Waals surface area contributed by atoms with Crippen molar-refractivity contribution in [1.82, 2.24) is 0 Å². The maximum atomic E-state index is 13.2. The maximum Gasteiger partial charge on any atom is 0.159 e. The Morgan fingerprint density at radius 1 is 1.11 bits per heavy atom. The van der Waals surface area contributed by atoms with Gasteiger partial charge in [0.2, 0.25) is 0 Å². The Morgan fingerprint density at radius 3 is 2.26 bits per heavy atom. The smallest absolute Gasteiger partial charge is 0.159 e. The lowest BCUT2D eigenvalue weighted by molar-refractivity contribution is 0.146. The molecule has 0 spiro atoms. The monoisotopic (exact) mass is 263 g/mol. The summed E-state index contributed by atoms with van der Waals surface area (Å²) in [6.45, 7) is 4.43. The fourth-order valence-electron chi connectivity index (χ4n) is 2.77. The molecule has 0 bridgehead atoms. The molecule has 0 saturated heterocycles. The molecule has 1 aromatic carbocycles. The molecule has 1 aliphatic carbocycles. The highest BCUT2D eigenvalue weighted by Gasteiger charge is 2.38. The van der Waals surface area contributed by atoms with Crippen molar-refractivity contribution in [1.29, 1.82) is 5.26 Å². The van der Waals surface area contributed by atoms with Crippen LogP contribution >= 0.6 is 0 Å². The Bertz CT molecular complexity index is 504. The van der Waals surface area contributed by atoms with E-state index in [2.05, 4.69) is 19.9 Å². The standard InChI is InChI=1S/C16H19F2N/c1-15(2)5-7-16(11-19,8-6-15)10-12-3-4-13(17)14(18)9-12/h3-4,9H,5-8,10H2,1-2H3. The molecule has 0 heterocycles. The van der Waals surface area contributed by atoms with Gasteiger partial charge in [0.15, 0.2) is 11.6 Å². The topological polar surface area (TPSA) is 23.8 Å². The average Bonchev–Trinajstić information content (AvgIpc) is 2.37. The second kappa shape index (κ2) is 4.92. The van der Waals surface area contributed by atoms with Crippen LogP contribution in [0.4, 0.5) is 8.78 Å². The number of benzene rings is 1. The van der Waals surface area contributed by atoms with Crippen LogP contribution in [-0.2, 0) is 6.42 Å². The molecule has 0 radical (unpaired) electrons. The molecule has 0 aromatic heterocycles. The van der Waals surface area contributed by atoms with Crippen molar-refractivity contribution in [2.45, 2.75) is 46.0 Å². The number of nitriles is 1. The van der Waals surface area contributed by atoms with Gasteiger partial charge in [0.05, 0.1) is 11.5 Å². The van der Waals surface area contributed by atoms with Crippen molar-refractivity contribution in [2.24, 2.45) is 10.8 Å². The number of halogens is 2. The van der Waals surface area contributed by atoms with E-state index in [-0.39, 0.29) is 5.41 Å². The number of hydrogen-bond acceptors (Lipinski definition) is 1. The van der Waals surface area contributed by atoms with Crippen molar-refractivity contribution in [2.75, 3.05) is 0 Å². The number of hydrogen-bond donors (Lipinski definition) is 0. The minimum Gasteiger partial charge on any atom is -0.204 e.